The monoisotopic (exact) mass is 264 g/mol. The molecule has 4 N–H and O–H groups in total. The Morgan fingerprint density at radius 3 is 2.61 bits per heavy atom. The maximum Gasteiger partial charge on any atom is 0.221 e. The number of anilines is 1. The van der Waals surface area contributed by atoms with E-state index in [0.717, 1.165) is 22.4 Å². The SMILES string of the molecule is CC(=O)Nc1cc(C)c(/C=N\NC(N)=S)cc1C. The molecule has 96 valence electrons. The number of thiocarbonyl (C=S) groups is 1. The van der Waals surface area contributed by atoms with E-state index in [9.17, 15) is 4.79 Å². The fourth-order valence-electron chi connectivity index (χ4n) is 1.47. The number of carbonyl (C=O) groups excluding carboxylic acids is 1. The van der Waals surface area contributed by atoms with Crippen molar-refractivity contribution in [3.8, 4) is 0 Å². The number of hydrogen-bond donors (Lipinski definition) is 3. The maximum absolute atomic E-state index is 11.0. The third-order valence-electron chi connectivity index (χ3n) is 2.30. The van der Waals surface area contributed by atoms with Crippen LogP contribution in [0.3, 0.4) is 0 Å². The molecule has 1 rings (SSSR count). The largest absolute Gasteiger partial charge is 0.375 e. The molecule has 0 radical (unpaired) electrons. The number of hydrazone groups is 1. The molecule has 0 bridgehead atoms. The van der Waals surface area contributed by atoms with Crippen molar-refractivity contribution < 1.29 is 4.79 Å². The lowest BCUT2D eigenvalue weighted by atomic mass is 10.0. The molecule has 0 aliphatic carbocycles. The molecule has 0 aliphatic heterocycles. The Balaban J connectivity index is 2.96. The van der Waals surface area contributed by atoms with E-state index in [2.05, 4.69) is 28.1 Å². The Hall–Kier alpha value is -1.95. The second-order valence-corrected chi connectivity index (χ2v) is 4.38. The lowest BCUT2D eigenvalue weighted by molar-refractivity contribution is -0.114. The highest BCUT2D eigenvalue weighted by atomic mass is 32.1. The van der Waals surface area contributed by atoms with Crippen molar-refractivity contribution in [1.82, 2.24) is 5.43 Å². The molecule has 5 nitrogen and oxygen atoms in total. The van der Waals surface area contributed by atoms with Crippen LogP contribution in [0, 0.1) is 13.8 Å². The minimum absolute atomic E-state index is 0.0888. The summed E-state index contributed by atoms with van der Waals surface area (Å²) in [5, 5.41) is 6.80. The van der Waals surface area contributed by atoms with Gasteiger partial charge < -0.3 is 11.1 Å². The van der Waals surface area contributed by atoms with E-state index in [1.54, 1.807) is 6.21 Å². The van der Waals surface area contributed by atoms with Gasteiger partial charge >= 0.3 is 0 Å². The molecule has 0 saturated heterocycles. The van der Waals surface area contributed by atoms with E-state index in [-0.39, 0.29) is 11.0 Å². The molecule has 0 unspecified atom stereocenters. The molecule has 0 fully saturated rings. The molecule has 0 aliphatic rings. The standard InChI is InChI=1S/C12H16N4OS/c1-7-5-11(15-9(3)17)8(2)4-10(7)6-14-16-12(13)18/h4-6H,1-3H3,(H,15,17)(H3,13,16,18)/b14-6-. The Morgan fingerprint density at radius 1 is 1.39 bits per heavy atom. The molecular formula is C12H16N4OS. The van der Waals surface area contributed by atoms with Gasteiger partial charge in [0.15, 0.2) is 5.11 Å². The summed E-state index contributed by atoms with van der Waals surface area (Å²) in [7, 11) is 0. The lowest BCUT2D eigenvalue weighted by Gasteiger charge is -2.10. The number of aryl methyl sites for hydroxylation is 2. The molecule has 1 amide bonds. The van der Waals surface area contributed by atoms with Gasteiger partial charge in [0, 0.05) is 12.6 Å². The van der Waals surface area contributed by atoms with E-state index < -0.39 is 0 Å². The van der Waals surface area contributed by atoms with Crippen molar-refractivity contribution in [3.63, 3.8) is 0 Å². The van der Waals surface area contributed by atoms with Crippen LogP contribution in [-0.4, -0.2) is 17.2 Å². The first-order chi connectivity index (χ1) is 8.40. The quantitative estimate of drug-likeness (QED) is 0.438. The van der Waals surface area contributed by atoms with Crippen molar-refractivity contribution >= 4 is 35.1 Å². The zero-order valence-electron chi connectivity index (χ0n) is 10.6. The van der Waals surface area contributed by atoms with Crippen LogP contribution in [0.2, 0.25) is 0 Å². The van der Waals surface area contributed by atoms with E-state index >= 15 is 0 Å². The van der Waals surface area contributed by atoms with Gasteiger partial charge in [-0.15, -0.1) is 0 Å². The molecule has 0 atom stereocenters. The van der Waals surface area contributed by atoms with Crippen molar-refractivity contribution in [1.29, 1.82) is 0 Å². The Morgan fingerprint density at radius 2 is 2.06 bits per heavy atom. The van der Waals surface area contributed by atoms with E-state index in [1.165, 1.54) is 6.92 Å². The lowest BCUT2D eigenvalue weighted by Crippen LogP contribution is -2.24. The fourth-order valence-corrected chi connectivity index (χ4v) is 1.52. The van der Waals surface area contributed by atoms with Crippen LogP contribution in [-0.2, 0) is 4.79 Å². The molecule has 18 heavy (non-hydrogen) atoms. The molecule has 6 heteroatoms. The number of hydrogen-bond acceptors (Lipinski definition) is 3. The number of benzene rings is 1. The maximum atomic E-state index is 11.0. The van der Waals surface area contributed by atoms with Gasteiger partial charge in [-0.2, -0.15) is 5.10 Å². The van der Waals surface area contributed by atoms with Crippen molar-refractivity contribution in [2.24, 2.45) is 10.8 Å². The van der Waals surface area contributed by atoms with E-state index in [4.69, 9.17) is 5.73 Å². The van der Waals surface area contributed by atoms with Crippen molar-refractivity contribution in [3.05, 3.63) is 28.8 Å². The Labute approximate surface area is 111 Å². The second-order valence-electron chi connectivity index (χ2n) is 3.94. The zero-order valence-corrected chi connectivity index (χ0v) is 11.4. The molecular weight excluding hydrogens is 248 g/mol. The smallest absolute Gasteiger partial charge is 0.221 e. The molecule has 1 aromatic rings. The number of amides is 1. The van der Waals surface area contributed by atoms with Gasteiger partial charge in [-0.25, -0.2) is 0 Å². The molecule has 0 spiro atoms. The van der Waals surface area contributed by atoms with Crippen molar-refractivity contribution in [2.75, 3.05) is 5.32 Å². The predicted molar refractivity (Wildman–Crippen MR) is 77.7 cm³/mol. The number of carbonyl (C=O) groups is 1. The summed E-state index contributed by atoms with van der Waals surface area (Å²) in [5.41, 5.74) is 11.5. The van der Waals surface area contributed by atoms with Gasteiger partial charge in [0.1, 0.15) is 0 Å². The van der Waals surface area contributed by atoms with Gasteiger partial charge in [0.2, 0.25) is 5.91 Å². The van der Waals surface area contributed by atoms with Gasteiger partial charge in [0.05, 0.1) is 6.21 Å². The third-order valence-corrected chi connectivity index (χ3v) is 2.39. The Bertz CT molecular complexity index is 511. The van der Waals surface area contributed by atoms with Crippen LogP contribution in [0.1, 0.15) is 23.6 Å². The van der Waals surface area contributed by atoms with Crippen LogP contribution < -0.4 is 16.5 Å². The summed E-state index contributed by atoms with van der Waals surface area (Å²) in [6.45, 7) is 5.34. The average molecular weight is 264 g/mol. The summed E-state index contributed by atoms with van der Waals surface area (Å²) in [5.74, 6) is -0.0888. The van der Waals surface area contributed by atoms with E-state index in [1.807, 2.05) is 26.0 Å². The summed E-state index contributed by atoms with van der Waals surface area (Å²) >= 11 is 4.64. The van der Waals surface area contributed by atoms with Crippen LogP contribution >= 0.6 is 12.2 Å². The molecule has 1 aromatic carbocycles. The first kappa shape index (κ1) is 14.1. The first-order valence-corrected chi connectivity index (χ1v) is 5.78. The molecule has 0 saturated carbocycles. The van der Waals surface area contributed by atoms with Gasteiger partial charge in [0.25, 0.3) is 0 Å². The zero-order chi connectivity index (χ0) is 13.7. The minimum Gasteiger partial charge on any atom is -0.375 e. The van der Waals surface area contributed by atoms with Crippen molar-refractivity contribution in [2.45, 2.75) is 20.8 Å². The van der Waals surface area contributed by atoms with Gasteiger partial charge in [-0.1, -0.05) is 0 Å². The normalized spacial score (nSPS) is 10.4. The minimum atomic E-state index is -0.0888. The summed E-state index contributed by atoms with van der Waals surface area (Å²) in [6, 6.07) is 3.84. The number of nitrogens with two attached hydrogens (primary N) is 1. The number of nitrogens with zero attached hydrogens (tertiary/aromatic N) is 1. The first-order valence-electron chi connectivity index (χ1n) is 5.37. The summed E-state index contributed by atoms with van der Waals surface area (Å²) in [4.78, 5) is 11.0. The predicted octanol–water partition coefficient (Wildman–Crippen LogP) is 1.43. The average Bonchev–Trinajstić information content (AvgIpc) is 2.23. The van der Waals surface area contributed by atoms with Crippen LogP contribution in [0.25, 0.3) is 0 Å². The summed E-state index contributed by atoms with van der Waals surface area (Å²) < 4.78 is 0. The summed E-state index contributed by atoms with van der Waals surface area (Å²) in [6.07, 6.45) is 1.64. The highest BCUT2D eigenvalue weighted by Gasteiger charge is 2.04. The topological polar surface area (TPSA) is 79.5 Å². The van der Waals surface area contributed by atoms with Crippen LogP contribution in [0.15, 0.2) is 17.2 Å². The highest BCUT2D eigenvalue weighted by molar-refractivity contribution is 7.80. The third kappa shape index (κ3) is 4.14. The molecule has 0 aromatic heterocycles. The molecule has 0 heterocycles. The van der Waals surface area contributed by atoms with E-state index in [0.29, 0.717) is 0 Å². The van der Waals surface area contributed by atoms with Gasteiger partial charge in [-0.3, -0.25) is 10.2 Å². The van der Waals surface area contributed by atoms with Crippen LogP contribution in [0.4, 0.5) is 5.69 Å². The number of rotatable bonds is 3. The fraction of sp³-hybridized carbons (Fsp3) is 0.250. The Kier molecular flexibility index (Phi) is 4.79. The van der Waals surface area contributed by atoms with Crippen LogP contribution in [0.5, 0.6) is 0 Å². The number of nitrogens with one attached hydrogen (secondary N) is 2. The highest BCUT2D eigenvalue weighted by Crippen LogP contribution is 2.19. The van der Waals surface area contributed by atoms with Gasteiger partial charge in [-0.05, 0) is 54.9 Å². The second kappa shape index (κ2) is 6.11.